The fraction of sp³-hybridized carbons (Fsp3) is 0.455. The van der Waals surface area contributed by atoms with Gasteiger partial charge in [0, 0.05) is 13.1 Å². The molecule has 1 aromatic carbocycles. The van der Waals surface area contributed by atoms with E-state index in [-0.39, 0.29) is 23.2 Å². The summed E-state index contributed by atoms with van der Waals surface area (Å²) in [6, 6.07) is 3.07. The molecule has 3 nitrogen and oxygen atoms in total. The Bertz CT molecular complexity index is 337. The summed E-state index contributed by atoms with van der Waals surface area (Å²) in [6.07, 6.45) is 0. The van der Waals surface area contributed by atoms with Crippen LogP contribution >= 0.6 is 11.6 Å². The Balaban J connectivity index is 2.72. The molecule has 0 saturated heterocycles. The van der Waals surface area contributed by atoms with Crippen molar-refractivity contribution in [1.82, 2.24) is 5.32 Å². The Morgan fingerprint density at radius 1 is 1.56 bits per heavy atom. The first-order valence-electron chi connectivity index (χ1n) is 5.12. The number of halogens is 2. The molecule has 1 atom stereocenters. The maximum absolute atomic E-state index is 13.3. The number of hydrogen-bond acceptors (Lipinski definition) is 3. The van der Waals surface area contributed by atoms with Crippen LogP contribution in [0.5, 0.6) is 0 Å². The van der Waals surface area contributed by atoms with Crippen LogP contribution in [0.1, 0.15) is 18.4 Å². The molecule has 0 radical (unpaired) electrons. The molecule has 0 aliphatic carbocycles. The fourth-order valence-electron chi connectivity index (χ4n) is 1.40. The summed E-state index contributed by atoms with van der Waals surface area (Å²) < 4.78 is 13.3. The van der Waals surface area contributed by atoms with E-state index in [4.69, 9.17) is 22.4 Å². The molecule has 0 heterocycles. The van der Waals surface area contributed by atoms with Gasteiger partial charge in [-0.15, -0.1) is 0 Å². The second-order valence-electron chi connectivity index (χ2n) is 3.73. The van der Waals surface area contributed by atoms with E-state index >= 15 is 0 Å². The van der Waals surface area contributed by atoms with E-state index in [0.29, 0.717) is 13.1 Å². The number of aliphatic hydroxyl groups excluding tert-OH is 1. The smallest absolute Gasteiger partial charge is 0.147 e. The number of aliphatic hydroxyl groups is 1. The van der Waals surface area contributed by atoms with E-state index in [1.807, 2.05) is 6.92 Å². The SMILES string of the molecule is CC(CNCCO)c1cc(F)c(N)c(Cl)c1. The van der Waals surface area contributed by atoms with Crippen molar-refractivity contribution in [2.75, 3.05) is 25.4 Å². The van der Waals surface area contributed by atoms with Gasteiger partial charge in [-0.05, 0) is 23.6 Å². The Kier molecular flexibility index (Phi) is 4.99. The molecule has 4 N–H and O–H groups in total. The molecule has 0 bridgehead atoms. The number of nitrogen functional groups attached to an aromatic ring is 1. The third-order valence-corrected chi connectivity index (χ3v) is 2.72. The largest absolute Gasteiger partial charge is 0.395 e. The lowest BCUT2D eigenvalue weighted by Crippen LogP contribution is -2.23. The van der Waals surface area contributed by atoms with Crippen LogP contribution in [0, 0.1) is 5.82 Å². The van der Waals surface area contributed by atoms with Crippen LogP contribution in [0.3, 0.4) is 0 Å². The molecule has 0 aromatic heterocycles. The van der Waals surface area contributed by atoms with Crippen molar-refractivity contribution in [3.05, 3.63) is 28.5 Å². The number of rotatable bonds is 5. The average Bonchev–Trinajstić information content (AvgIpc) is 2.25. The zero-order chi connectivity index (χ0) is 12.1. The molecule has 0 saturated carbocycles. The highest BCUT2D eigenvalue weighted by molar-refractivity contribution is 6.33. The summed E-state index contributed by atoms with van der Waals surface area (Å²) in [6.45, 7) is 3.21. The predicted octanol–water partition coefficient (Wildman–Crippen LogP) is 1.75. The number of hydrogen-bond donors (Lipinski definition) is 3. The van der Waals surface area contributed by atoms with Gasteiger partial charge in [0.25, 0.3) is 0 Å². The van der Waals surface area contributed by atoms with Gasteiger partial charge in [-0.25, -0.2) is 4.39 Å². The molecule has 0 aliphatic rings. The highest BCUT2D eigenvalue weighted by Crippen LogP contribution is 2.27. The van der Waals surface area contributed by atoms with Gasteiger partial charge in [-0.1, -0.05) is 18.5 Å². The average molecular weight is 247 g/mol. The number of nitrogens with two attached hydrogens (primary N) is 1. The molecular formula is C11H16ClFN2O. The monoisotopic (exact) mass is 246 g/mol. The zero-order valence-electron chi connectivity index (χ0n) is 9.13. The first-order chi connectivity index (χ1) is 7.56. The molecule has 0 amide bonds. The van der Waals surface area contributed by atoms with E-state index in [1.165, 1.54) is 6.07 Å². The van der Waals surface area contributed by atoms with Gasteiger partial charge in [-0.3, -0.25) is 0 Å². The molecule has 16 heavy (non-hydrogen) atoms. The summed E-state index contributed by atoms with van der Waals surface area (Å²) in [7, 11) is 0. The van der Waals surface area contributed by atoms with Gasteiger partial charge in [-0.2, -0.15) is 0 Å². The maximum atomic E-state index is 13.3. The van der Waals surface area contributed by atoms with Crippen LogP contribution in [0.25, 0.3) is 0 Å². The summed E-state index contributed by atoms with van der Waals surface area (Å²) in [4.78, 5) is 0. The van der Waals surface area contributed by atoms with Crippen LogP contribution in [-0.4, -0.2) is 24.8 Å². The minimum atomic E-state index is -0.489. The van der Waals surface area contributed by atoms with Gasteiger partial charge in [0.05, 0.1) is 17.3 Å². The second-order valence-corrected chi connectivity index (χ2v) is 4.13. The lowest BCUT2D eigenvalue weighted by Gasteiger charge is -2.14. The summed E-state index contributed by atoms with van der Waals surface area (Å²) >= 11 is 5.80. The second kappa shape index (κ2) is 6.03. The van der Waals surface area contributed by atoms with Gasteiger partial charge in [0.15, 0.2) is 0 Å². The fourth-order valence-corrected chi connectivity index (χ4v) is 1.62. The topological polar surface area (TPSA) is 58.3 Å². The van der Waals surface area contributed by atoms with E-state index in [2.05, 4.69) is 5.32 Å². The van der Waals surface area contributed by atoms with E-state index in [1.54, 1.807) is 6.07 Å². The van der Waals surface area contributed by atoms with Gasteiger partial charge in [0.2, 0.25) is 0 Å². The first-order valence-corrected chi connectivity index (χ1v) is 5.50. The Labute approximate surface area is 99.4 Å². The third kappa shape index (κ3) is 3.33. The lowest BCUT2D eigenvalue weighted by atomic mass is 10.0. The molecule has 1 rings (SSSR count). The molecule has 1 unspecified atom stereocenters. The highest BCUT2D eigenvalue weighted by atomic mass is 35.5. The normalized spacial score (nSPS) is 12.8. The van der Waals surface area contributed by atoms with E-state index in [9.17, 15) is 4.39 Å². The highest BCUT2D eigenvalue weighted by Gasteiger charge is 2.11. The quantitative estimate of drug-likeness (QED) is 0.548. The number of nitrogens with one attached hydrogen (secondary N) is 1. The van der Waals surface area contributed by atoms with Gasteiger partial charge < -0.3 is 16.2 Å². The van der Waals surface area contributed by atoms with Crippen molar-refractivity contribution in [3.63, 3.8) is 0 Å². The maximum Gasteiger partial charge on any atom is 0.147 e. The Morgan fingerprint density at radius 2 is 2.25 bits per heavy atom. The number of benzene rings is 1. The summed E-state index contributed by atoms with van der Waals surface area (Å²) in [5, 5.41) is 11.9. The third-order valence-electron chi connectivity index (χ3n) is 2.41. The van der Waals surface area contributed by atoms with Crippen molar-refractivity contribution in [1.29, 1.82) is 0 Å². The van der Waals surface area contributed by atoms with Gasteiger partial charge >= 0.3 is 0 Å². The van der Waals surface area contributed by atoms with Crippen molar-refractivity contribution in [2.24, 2.45) is 0 Å². The van der Waals surface area contributed by atoms with E-state index < -0.39 is 5.82 Å². The van der Waals surface area contributed by atoms with E-state index in [0.717, 1.165) is 5.56 Å². The van der Waals surface area contributed by atoms with Crippen molar-refractivity contribution in [3.8, 4) is 0 Å². The van der Waals surface area contributed by atoms with Crippen LogP contribution < -0.4 is 11.1 Å². The van der Waals surface area contributed by atoms with Crippen molar-refractivity contribution < 1.29 is 9.50 Å². The van der Waals surface area contributed by atoms with Crippen molar-refractivity contribution in [2.45, 2.75) is 12.8 Å². The lowest BCUT2D eigenvalue weighted by molar-refractivity contribution is 0.291. The molecule has 1 aromatic rings. The Hall–Kier alpha value is -0.840. The standard InChI is InChI=1S/C11H16ClFN2O/c1-7(6-15-2-3-16)8-4-9(12)11(14)10(13)5-8/h4-5,7,15-16H,2-3,6,14H2,1H3. The Morgan fingerprint density at radius 3 is 2.81 bits per heavy atom. The summed E-state index contributed by atoms with van der Waals surface area (Å²) in [5.41, 5.74) is 6.20. The summed E-state index contributed by atoms with van der Waals surface area (Å²) in [5.74, 6) is -0.379. The molecule has 0 fully saturated rings. The van der Waals surface area contributed by atoms with Gasteiger partial charge in [0.1, 0.15) is 5.82 Å². The van der Waals surface area contributed by atoms with Crippen LogP contribution in [0.15, 0.2) is 12.1 Å². The number of anilines is 1. The first kappa shape index (κ1) is 13.2. The van der Waals surface area contributed by atoms with Crippen LogP contribution in [-0.2, 0) is 0 Å². The minimum absolute atomic E-state index is 0.0130. The zero-order valence-corrected chi connectivity index (χ0v) is 9.89. The molecule has 0 spiro atoms. The molecule has 5 heteroatoms. The van der Waals surface area contributed by atoms with Crippen LogP contribution in [0.2, 0.25) is 5.02 Å². The molecule has 0 aliphatic heterocycles. The predicted molar refractivity (Wildman–Crippen MR) is 64.2 cm³/mol. The molecule has 90 valence electrons. The minimum Gasteiger partial charge on any atom is -0.395 e. The van der Waals surface area contributed by atoms with Crippen molar-refractivity contribution >= 4 is 17.3 Å². The van der Waals surface area contributed by atoms with Crippen LogP contribution in [0.4, 0.5) is 10.1 Å². The molecular weight excluding hydrogens is 231 g/mol.